The number of aromatic nitrogens is 1. The van der Waals surface area contributed by atoms with Crippen LogP contribution in [0.3, 0.4) is 0 Å². The van der Waals surface area contributed by atoms with Gasteiger partial charge in [0.15, 0.2) is 0 Å². The fraction of sp³-hybridized carbons (Fsp3) is 0.615. The molecule has 0 spiro atoms. The highest BCUT2D eigenvalue weighted by atomic mass is 15.0. The number of hydrogen-bond donors (Lipinski definition) is 2. The van der Waals surface area contributed by atoms with Crippen molar-refractivity contribution in [1.82, 2.24) is 4.98 Å². The van der Waals surface area contributed by atoms with Crippen LogP contribution in [0.5, 0.6) is 0 Å². The summed E-state index contributed by atoms with van der Waals surface area (Å²) < 4.78 is 0. The van der Waals surface area contributed by atoms with E-state index in [0.29, 0.717) is 11.7 Å². The summed E-state index contributed by atoms with van der Waals surface area (Å²) in [6.07, 6.45) is 7.84. The Morgan fingerprint density at radius 2 is 2.06 bits per heavy atom. The molecule has 0 aliphatic heterocycles. The molecule has 0 aliphatic rings. The van der Waals surface area contributed by atoms with Crippen LogP contribution in [-0.2, 0) is 0 Å². The largest absolute Gasteiger partial charge is 0.397 e. The van der Waals surface area contributed by atoms with Crippen molar-refractivity contribution in [3.05, 3.63) is 18.3 Å². The number of nitrogens with two attached hydrogens (primary N) is 1. The van der Waals surface area contributed by atoms with E-state index in [4.69, 9.17) is 5.73 Å². The van der Waals surface area contributed by atoms with Crippen LogP contribution < -0.4 is 11.1 Å². The number of pyridine rings is 1. The molecule has 1 aromatic rings. The molecule has 3 heteroatoms. The van der Waals surface area contributed by atoms with Crippen LogP contribution in [0, 0.1) is 0 Å². The highest BCUT2D eigenvalue weighted by Crippen LogP contribution is 2.14. The van der Waals surface area contributed by atoms with E-state index in [1.807, 2.05) is 12.1 Å². The molecule has 1 aromatic heterocycles. The predicted molar refractivity (Wildman–Crippen MR) is 70.5 cm³/mol. The average Bonchev–Trinajstić information content (AvgIpc) is 2.29. The number of rotatable bonds is 7. The van der Waals surface area contributed by atoms with E-state index in [9.17, 15) is 0 Å². The summed E-state index contributed by atoms with van der Waals surface area (Å²) in [5.74, 6) is 0.934. The lowest BCUT2D eigenvalue weighted by atomic mass is 10.1. The van der Waals surface area contributed by atoms with Gasteiger partial charge in [0, 0.05) is 6.04 Å². The number of nitrogen functional groups attached to an aromatic ring is 1. The minimum atomic E-state index is 0.543. The Labute approximate surface area is 98.5 Å². The molecular weight excluding hydrogens is 198 g/mol. The minimum absolute atomic E-state index is 0.543. The summed E-state index contributed by atoms with van der Waals surface area (Å²) in [4.78, 5) is 4.27. The standard InChI is InChI=1S/C13H23N3/c1-3-5-7-12(6-4-2)16-13-9-8-11(14)10-15-13/h8-10,12H,3-7,14H2,1-2H3,(H,15,16). The summed E-state index contributed by atoms with van der Waals surface area (Å²) in [5.41, 5.74) is 6.32. The fourth-order valence-corrected chi connectivity index (χ4v) is 1.79. The Morgan fingerprint density at radius 1 is 1.25 bits per heavy atom. The SMILES string of the molecule is CCCCC(CCC)Nc1ccc(N)cn1. The van der Waals surface area contributed by atoms with Gasteiger partial charge in [-0.3, -0.25) is 0 Å². The Hall–Kier alpha value is -1.25. The molecule has 0 saturated heterocycles. The van der Waals surface area contributed by atoms with Crippen LogP contribution in [-0.4, -0.2) is 11.0 Å². The summed E-state index contributed by atoms with van der Waals surface area (Å²) in [7, 11) is 0. The number of unbranched alkanes of at least 4 members (excludes halogenated alkanes) is 1. The van der Waals surface area contributed by atoms with Crippen LogP contribution in [0.25, 0.3) is 0 Å². The molecule has 0 fully saturated rings. The molecule has 0 radical (unpaired) electrons. The Bertz CT molecular complexity index is 282. The van der Waals surface area contributed by atoms with Gasteiger partial charge in [-0.05, 0) is 25.0 Å². The lowest BCUT2D eigenvalue weighted by Crippen LogP contribution is -2.19. The molecule has 90 valence electrons. The first-order valence-electron chi connectivity index (χ1n) is 6.24. The summed E-state index contributed by atoms with van der Waals surface area (Å²) in [5, 5.41) is 3.48. The maximum atomic E-state index is 5.61. The number of anilines is 2. The Kier molecular flexibility index (Phi) is 5.68. The Balaban J connectivity index is 2.49. The van der Waals surface area contributed by atoms with Crippen molar-refractivity contribution in [1.29, 1.82) is 0 Å². The first kappa shape index (κ1) is 12.8. The van der Waals surface area contributed by atoms with Gasteiger partial charge >= 0.3 is 0 Å². The van der Waals surface area contributed by atoms with Crippen LogP contribution in [0.15, 0.2) is 18.3 Å². The zero-order valence-corrected chi connectivity index (χ0v) is 10.4. The van der Waals surface area contributed by atoms with Gasteiger partial charge in [0.1, 0.15) is 5.82 Å². The normalized spacial score (nSPS) is 12.4. The maximum absolute atomic E-state index is 5.61. The summed E-state index contributed by atoms with van der Waals surface area (Å²) >= 11 is 0. The van der Waals surface area contributed by atoms with Crippen molar-refractivity contribution in [3.63, 3.8) is 0 Å². The monoisotopic (exact) mass is 221 g/mol. The van der Waals surface area contributed by atoms with E-state index in [0.717, 1.165) is 5.82 Å². The molecule has 0 saturated carbocycles. The third kappa shape index (κ3) is 4.51. The molecule has 1 rings (SSSR count). The second-order valence-electron chi connectivity index (χ2n) is 4.25. The van der Waals surface area contributed by atoms with Gasteiger partial charge in [-0.15, -0.1) is 0 Å². The van der Waals surface area contributed by atoms with Crippen molar-refractivity contribution in [2.45, 2.75) is 52.0 Å². The molecule has 0 bridgehead atoms. The maximum Gasteiger partial charge on any atom is 0.126 e. The predicted octanol–water partition coefficient (Wildman–Crippen LogP) is 3.43. The fourth-order valence-electron chi connectivity index (χ4n) is 1.79. The van der Waals surface area contributed by atoms with Crippen molar-refractivity contribution in [2.24, 2.45) is 0 Å². The van der Waals surface area contributed by atoms with Gasteiger partial charge in [-0.1, -0.05) is 33.1 Å². The second kappa shape index (κ2) is 7.09. The number of nitrogens with one attached hydrogen (secondary N) is 1. The van der Waals surface area contributed by atoms with Gasteiger partial charge in [0.05, 0.1) is 11.9 Å². The van der Waals surface area contributed by atoms with E-state index in [-0.39, 0.29) is 0 Å². The van der Waals surface area contributed by atoms with E-state index in [2.05, 4.69) is 24.1 Å². The molecule has 1 heterocycles. The lowest BCUT2D eigenvalue weighted by molar-refractivity contribution is 0.563. The average molecular weight is 221 g/mol. The van der Waals surface area contributed by atoms with Gasteiger partial charge < -0.3 is 11.1 Å². The molecule has 1 atom stereocenters. The quantitative estimate of drug-likeness (QED) is 0.741. The lowest BCUT2D eigenvalue weighted by Gasteiger charge is -2.18. The second-order valence-corrected chi connectivity index (χ2v) is 4.25. The third-order valence-electron chi connectivity index (χ3n) is 2.68. The van der Waals surface area contributed by atoms with E-state index in [1.165, 1.54) is 32.1 Å². The molecule has 3 nitrogen and oxygen atoms in total. The molecular formula is C13H23N3. The van der Waals surface area contributed by atoms with Gasteiger partial charge in [-0.25, -0.2) is 4.98 Å². The number of nitrogens with zero attached hydrogens (tertiary/aromatic N) is 1. The topological polar surface area (TPSA) is 50.9 Å². The van der Waals surface area contributed by atoms with Crippen LogP contribution in [0.4, 0.5) is 11.5 Å². The van der Waals surface area contributed by atoms with E-state index >= 15 is 0 Å². The Morgan fingerprint density at radius 3 is 2.62 bits per heavy atom. The molecule has 0 amide bonds. The summed E-state index contributed by atoms with van der Waals surface area (Å²) in [6.45, 7) is 4.45. The highest BCUT2D eigenvalue weighted by molar-refractivity contribution is 5.44. The van der Waals surface area contributed by atoms with Crippen molar-refractivity contribution >= 4 is 11.5 Å². The van der Waals surface area contributed by atoms with Crippen LogP contribution in [0.2, 0.25) is 0 Å². The van der Waals surface area contributed by atoms with E-state index in [1.54, 1.807) is 6.20 Å². The number of hydrogen-bond acceptors (Lipinski definition) is 3. The van der Waals surface area contributed by atoms with E-state index < -0.39 is 0 Å². The van der Waals surface area contributed by atoms with Crippen LogP contribution in [0.1, 0.15) is 46.0 Å². The first-order valence-corrected chi connectivity index (χ1v) is 6.24. The minimum Gasteiger partial charge on any atom is -0.397 e. The van der Waals surface area contributed by atoms with Crippen molar-refractivity contribution in [2.75, 3.05) is 11.1 Å². The molecule has 3 N–H and O–H groups in total. The highest BCUT2D eigenvalue weighted by Gasteiger charge is 2.07. The zero-order chi connectivity index (χ0) is 11.8. The van der Waals surface area contributed by atoms with Gasteiger partial charge in [0.25, 0.3) is 0 Å². The molecule has 1 unspecified atom stereocenters. The molecule has 16 heavy (non-hydrogen) atoms. The van der Waals surface area contributed by atoms with Crippen molar-refractivity contribution in [3.8, 4) is 0 Å². The van der Waals surface area contributed by atoms with Crippen molar-refractivity contribution < 1.29 is 0 Å². The first-order chi connectivity index (χ1) is 7.76. The van der Waals surface area contributed by atoms with Gasteiger partial charge in [-0.2, -0.15) is 0 Å². The zero-order valence-electron chi connectivity index (χ0n) is 10.4. The van der Waals surface area contributed by atoms with Crippen LogP contribution >= 0.6 is 0 Å². The molecule has 0 aliphatic carbocycles. The summed E-state index contributed by atoms with van der Waals surface area (Å²) in [6, 6.07) is 4.38. The smallest absolute Gasteiger partial charge is 0.126 e. The van der Waals surface area contributed by atoms with Gasteiger partial charge in [0.2, 0.25) is 0 Å². The third-order valence-corrected chi connectivity index (χ3v) is 2.68. The molecule has 0 aromatic carbocycles.